The van der Waals surface area contributed by atoms with Crippen molar-refractivity contribution in [1.82, 2.24) is 0 Å². The van der Waals surface area contributed by atoms with Gasteiger partial charge in [-0.2, -0.15) is 0 Å². The Morgan fingerprint density at radius 3 is 1.85 bits per heavy atom. The second-order valence-corrected chi connectivity index (χ2v) is 12.9. The van der Waals surface area contributed by atoms with Crippen LogP contribution in [0.2, 0.25) is 0 Å². The molecule has 8 heteroatoms. The molecule has 0 unspecified atom stereocenters. The lowest BCUT2D eigenvalue weighted by Gasteiger charge is -2.40. The molecule has 0 heterocycles. The Morgan fingerprint density at radius 2 is 1.32 bits per heavy atom. The predicted molar refractivity (Wildman–Crippen MR) is 128 cm³/mol. The van der Waals surface area contributed by atoms with E-state index < -0.39 is 21.1 Å². The summed E-state index contributed by atoms with van der Waals surface area (Å²) in [5, 5.41) is 0. The van der Waals surface area contributed by atoms with Gasteiger partial charge in [-0.3, -0.25) is 4.79 Å². The average molecular weight is 511 g/mol. The topological polar surface area (TPSA) is 26.3 Å². The Hall–Kier alpha value is -1.31. The van der Waals surface area contributed by atoms with Gasteiger partial charge in [0, 0.05) is 0 Å². The Labute approximate surface area is 200 Å². The van der Waals surface area contributed by atoms with Crippen LogP contribution in [0.1, 0.15) is 96.8 Å². The van der Waals surface area contributed by atoms with Gasteiger partial charge in [0.05, 0.1) is 5.92 Å². The van der Waals surface area contributed by atoms with Gasteiger partial charge in [-0.15, -0.1) is 0 Å². The summed E-state index contributed by atoms with van der Waals surface area (Å²) in [4.78, 5) is 10.5. The molecule has 0 radical (unpaired) electrons. The third-order valence-corrected chi connectivity index (χ3v) is 9.03. The third kappa shape index (κ3) is 8.13. The zero-order chi connectivity index (χ0) is 24.9. The molecular formula is C26H39F5O2S. The first-order valence-corrected chi connectivity index (χ1v) is 14.9. The largest absolute Gasteiger partial charge is 0.426 e. The van der Waals surface area contributed by atoms with Gasteiger partial charge in [-0.1, -0.05) is 77.7 Å². The summed E-state index contributed by atoms with van der Waals surface area (Å²) in [6, 6.07) is 2.14. The maximum Gasteiger partial charge on any atom is 0.314 e. The molecule has 34 heavy (non-hydrogen) atoms. The SMILES string of the molecule is CCCCCCC[C@H]1CC[C@H]([C@H]2CC[C@H](C(=O)Oc3ccc(S(F)(F)(F)(F)F)cc3)CC2)CC1. The molecule has 0 aliphatic heterocycles. The summed E-state index contributed by atoms with van der Waals surface area (Å²) in [6.07, 6.45) is 16.6. The molecule has 0 atom stereocenters. The van der Waals surface area contributed by atoms with Gasteiger partial charge in [0.25, 0.3) is 0 Å². The quantitative estimate of drug-likeness (QED) is 0.135. The highest BCUT2D eigenvalue weighted by atomic mass is 32.5. The van der Waals surface area contributed by atoms with E-state index in [-0.39, 0.29) is 23.8 Å². The van der Waals surface area contributed by atoms with Crippen molar-refractivity contribution in [2.45, 2.75) is 102 Å². The molecule has 196 valence electrons. The molecule has 2 fully saturated rings. The van der Waals surface area contributed by atoms with Gasteiger partial charge in [0.2, 0.25) is 0 Å². The van der Waals surface area contributed by atoms with Gasteiger partial charge in [0.1, 0.15) is 10.6 Å². The molecule has 0 bridgehead atoms. The predicted octanol–water partition coefficient (Wildman–Crippen LogP) is 10.2. The number of unbranched alkanes of at least 4 members (excludes halogenated alkanes) is 4. The van der Waals surface area contributed by atoms with Gasteiger partial charge in [0.15, 0.2) is 0 Å². The van der Waals surface area contributed by atoms with E-state index >= 15 is 0 Å². The fourth-order valence-corrected chi connectivity index (χ4v) is 6.43. The van der Waals surface area contributed by atoms with Crippen molar-refractivity contribution in [3.8, 4) is 5.75 Å². The fourth-order valence-electron chi connectivity index (χ4n) is 5.78. The number of carbonyl (C=O) groups excluding carboxylic acids is 1. The van der Waals surface area contributed by atoms with Crippen molar-refractivity contribution in [2.75, 3.05) is 0 Å². The van der Waals surface area contributed by atoms with E-state index in [1.54, 1.807) is 0 Å². The normalized spacial score (nSPS) is 28.1. The van der Waals surface area contributed by atoms with E-state index in [0.717, 1.165) is 36.8 Å². The van der Waals surface area contributed by atoms with E-state index in [2.05, 4.69) is 6.92 Å². The van der Waals surface area contributed by atoms with E-state index in [1.807, 2.05) is 0 Å². The van der Waals surface area contributed by atoms with Crippen LogP contribution in [0, 0.1) is 23.7 Å². The molecule has 2 saturated carbocycles. The summed E-state index contributed by atoms with van der Waals surface area (Å²) >= 11 is 0. The van der Waals surface area contributed by atoms with Crippen LogP contribution < -0.4 is 4.74 Å². The summed E-state index contributed by atoms with van der Waals surface area (Å²) < 4.78 is 69.4. The highest BCUT2D eigenvalue weighted by Gasteiger charge is 2.65. The summed E-state index contributed by atoms with van der Waals surface area (Å²) in [7, 11) is -9.72. The van der Waals surface area contributed by atoms with E-state index in [1.165, 1.54) is 64.2 Å². The average Bonchev–Trinajstić information content (AvgIpc) is 2.78. The number of carbonyl (C=O) groups is 1. The van der Waals surface area contributed by atoms with Crippen molar-refractivity contribution in [3.63, 3.8) is 0 Å². The molecule has 2 nitrogen and oxygen atoms in total. The number of hydrogen-bond donors (Lipinski definition) is 0. The molecule has 0 aromatic heterocycles. The Bertz CT molecular complexity index is 793. The molecule has 0 saturated heterocycles. The minimum atomic E-state index is -9.72. The maximum atomic E-state index is 12.8. The standard InChI is InChI=1S/C26H39F5O2S/c1-2-3-4-5-6-7-20-8-10-21(11-9-20)22-12-14-23(15-13-22)26(32)33-24-16-18-25(19-17-24)34(27,28,29,30)31/h16-23H,2-15H2,1H3/t20-,21-,22-,23-. The molecule has 0 N–H and O–H groups in total. The second-order valence-electron chi connectivity index (χ2n) is 10.5. The van der Waals surface area contributed by atoms with Gasteiger partial charge in [-0.05, 0) is 80.5 Å². The van der Waals surface area contributed by atoms with Crippen LogP contribution in [0.5, 0.6) is 5.75 Å². The summed E-state index contributed by atoms with van der Waals surface area (Å²) in [5.41, 5.74) is 0. The van der Waals surface area contributed by atoms with Gasteiger partial charge in [-0.25, -0.2) is 0 Å². The lowest BCUT2D eigenvalue weighted by atomic mass is 9.68. The minimum absolute atomic E-state index is 0.134. The first-order chi connectivity index (χ1) is 15.9. The highest BCUT2D eigenvalue weighted by molar-refractivity contribution is 8.45. The summed E-state index contributed by atoms with van der Waals surface area (Å²) in [6.45, 7) is 2.24. The minimum Gasteiger partial charge on any atom is -0.426 e. The zero-order valence-corrected chi connectivity index (χ0v) is 20.9. The molecule has 1 aromatic rings. The zero-order valence-electron chi connectivity index (χ0n) is 20.1. The Balaban J connectivity index is 1.38. The molecule has 1 aromatic carbocycles. The number of halogens is 5. The van der Waals surface area contributed by atoms with Crippen LogP contribution in [0.3, 0.4) is 0 Å². The lowest BCUT2D eigenvalue weighted by Crippen LogP contribution is -2.30. The number of esters is 1. The Morgan fingerprint density at radius 1 is 0.794 bits per heavy atom. The number of rotatable bonds is 10. The fraction of sp³-hybridized carbons (Fsp3) is 0.731. The van der Waals surface area contributed by atoms with Gasteiger partial charge < -0.3 is 4.74 Å². The molecule has 0 amide bonds. The van der Waals surface area contributed by atoms with Crippen LogP contribution in [-0.4, -0.2) is 5.97 Å². The monoisotopic (exact) mass is 510 g/mol. The van der Waals surface area contributed by atoms with E-state index in [4.69, 9.17) is 4.74 Å². The highest BCUT2D eigenvalue weighted by Crippen LogP contribution is 3.02. The Kier molecular flexibility index (Phi) is 8.31. The number of benzene rings is 1. The van der Waals surface area contributed by atoms with Crippen LogP contribution in [-0.2, 0) is 4.79 Å². The van der Waals surface area contributed by atoms with Crippen LogP contribution >= 0.6 is 10.2 Å². The maximum absolute atomic E-state index is 12.8. The van der Waals surface area contributed by atoms with Crippen molar-refractivity contribution < 1.29 is 29.0 Å². The van der Waals surface area contributed by atoms with Crippen LogP contribution in [0.15, 0.2) is 29.2 Å². The molecular weight excluding hydrogens is 471 g/mol. The third-order valence-electron chi connectivity index (χ3n) is 7.87. The lowest BCUT2D eigenvalue weighted by molar-refractivity contribution is -0.140. The molecule has 2 aliphatic rings. The number of hydrogen-bond acceptors (Lipinski definition) is 2. The molecule has 3 rings (SSSR count). The first-order valence-electron chi connectivity index (χ1n) is 12.9. The first kappa shape index (κ1) is 27.3. The molecule has 0 spiro atoms. The van der Waals surface area contributed by atoms with Crippen molar-refractivity contribution in [1.29, 1.82) is 0 Å². The van der Waals surface area contributed by atoms with E-state index in [0.29, 0.717) is 18.8 Å². The van der Waals surface area contributed by atoms with Gasteiger partial charge >= 0.3 is 16.2 Å². The van der Waals surface area contributed by atoms with Crippen LogP contribution in [0.25, 0.3) is 0 Å². The van der Waals surface area contributed by atoms with Crippen molar-refractivity contribution in [2.24, 2.45) is 23.7 Å². The van der Waals surface area contributed by atoms with Crippen LogP contribution in [0.4, 0.5) is 19.4 Å². The smallest absolute Gasteiger partial charge is 0.314 e. The van der Waals surface area contributed by atoms with Crippen molar-refractivity contribution >= 4 is 16.2 Å². The van der Waals surface area contributed by atoms with Crippen molar-refractivity contribution in [3.05, 3.63) is 24.3 Å². The summed E-state index contributed by atoms with van der Waals surface area (Å²) in [5.74, 6) is 1.33. The number of ether oxygens (including phenoxy) is 1. The van der Waals surface area contributed by atoms with E-state index in [9.17, 15) is 24.2 Å². The molecule has 2 aliphatic carbocycles. The second kappa shape index (κ2) is 10.4.